The first kappa shape index (κ1) is 24.6. The van der Waals surface area contributed by atoms with Crippen molar-refractivity contribution < 1.29 is 31.9 Å². The van der Waals surface area contributed by atoms with Crippen molar-refractivity contribution in [1.82, 2.24) is 14.9 Å². The quantitative estimate of drug-likeness (QED) is 0.530. The van der Waals surface area contributed by atoms with Crippen LogP contribution in [-0.2, 0) is 0 Å². The predicted octanol–water partition coefficient (Wildman–Crippen LogP) is 3.31. The van der Waals surface area contributed by atoms with Gasteiger partial charge in [-0.15, -0.1) is 0 Å². The second-order valence-corrected chi connectivity index (χ2v) is 8.24. The highest BCUT2D eigenvalue weighted by molar-refractivity contribution is 5.97. The zero-order chi connectivity index (χ0) is 25.5. The maximum absolute atomic E-state index is 14.7. The summed E-state index contributed by atoms with van der Waals surface area (Å²) in [6.45, 7) is 1.99. The summed E-state index contributed by atoms with van der Waals surface area (Å²) in [6.07, 6.45) is -4.38. The third-order valence-corrected chi connectivity index (χ3v) is 5.85. The van der Waals surface area contributed by atoms with Crippen molar-refractivity contribution in [2.24, 2.45) is 0 Å². The molecule has 1 aliphatic heterocycles. The van der Waals surface area contributed by atoms with Gasteiger partial charge in [0, 0.05) is 25.4 Å². The lowest BCUT2D eigenvalue weighted by atomic mass is 10.1. The Morgan fingerprint density at radius 1 is 1.26 bits per heavy atom. The summed E-state index contributed by atoms with van der Waals surface area (Å²) in [7, 11) is 0. The van der Waals surface area contributed by atoms with Gasteiger partial charge in [-0.05, 0) is 37.1 Å². The lowest BCUT2D eigenvalue weighted by Crippen LogP contribution is -2.46. The summed E-state index contributed by atoms with van der Waals surface area (Å²) < 4.78 is 68.8. The second kappa shape index (κ2) is 9.25. The number of hydrogen-bond donors (Lipinski definition) is 2. The topological polar surface area (TPSA) is 87.5 Å². The number of halogens is 5. The van der Waals surface area contributed by atoms with Crippen molar-refractivity contribution in [2.75, 3.05) is 18.0 Å². The van der Waals surface area contributed by atoms with E-state index in [1.807, 2.05) is 0 Å². The Morgan fingerprint density at radius 2 is 2.00 bits per heavy atom. The highest BCUT2D eigenvalue weighted by Crippen LogP contribution is 2.26. The van der Waals surface area contributed by atoms with Gasteiger partial charge in [-0.25, -0.2) is 13.8 Å². The van der Waals surface area contributed by atoms with Gasteiger partial charge in [-0.3, -0.25) is 14.2 Å². The van der Waals surface area contributed by atoms with Crippen molar-refractivity contribution in [3.63, 3.8) is 0 Å². The number of β-amino-alcohol motifs (C(OH)–C–C–N with tert-alkyl or cyclic N) is 1. The van der Waals surface area contributed by atoms with Crippen LogP contribution < -0.4 is 15.6 Å². The van der Waals surface area contributed by atoms with Crippen LogP contribution >= 0.6 is 0 Å². The number of alkyl halides is 3. The number of carbonyl (C=O) groups excluding carboxylic acids is 1. The molecule has 1 aromatic carbocycles. The van der Waals surface area contributed by atoms with Crippen LogP contribution in [0, 0.1) is 11.6 Å². The van der Waals surface area contributed by atoms with Gasteiger partial charge >= 0.3 is 6.18 Å². The van der Waals surface area contributed by atoms with Gasteiger partial charge in [0.15, 0.2) is 5.65 Å². The number of nitrogens with one attached hydrogen (secondary N) is 1. The van der Waals surface area contributed by atoms with E-state index in [0.29, 0.717) is 24.8 Å². The number of aliphatic hydroxyl groups is 1. The second-order valence-electron chi connectivity index (χ2n) is 8.24. The fraction of sp³-hybridized carbons (Fsp3) is 0.348. The molecule has 1 amide bonds. The molecule has 3 heterocycles. The van der Waals surface area contributed by atoms with E-state index in [9.17, 15) is 36.6 Å². The highest BCUT2D eigenvalue weighted by Gasteiger charge is 2.39. The molecule has 0 bridgehead atoms. The molecule has 1 saturated heterocycles. The van der Waals surface area contributed by atoms with Crippen LogP contribution in [0.2, 0.25) is 0 Å². The van der Waals surface area contributed by atoms with Crippen molar-refractivity contribution >= 4 is 22.8 Å². The molecule has 12 heteroatoms. The number of aliphatic hydroxyl groups excluding tert-OH is 1. The van der Waals surface area contributed by atoms with Crippen molar-refractivity contribution in [3.05, 3.63) is 63.9 Å². The Balaban J connectivity index is 1.90. The van der Waals surface area contributed by atoms with E-state index in [2.05, 4.69) is 4.98 Å². The van der Waals surface area contributed by atoms with Gasteiger partial charge in [-0.1, -0.05) is 6.92 Å². The zero-order valence-corrected chi connectivity index (χ0v) is 18.4. The zero-order valence-electron chi connectivity index (χ0n) is 18.4. The number of aromatic nitrogens is 2. The van der Waals surface area contributed by atoms with Gasteiger partial charge in [0.05, 0.1) is 17.2 Å². The molecule has 0 spiro atoms. The lowest BCUT2D eigenvalue weighted by molar-refractivity contribution is -0.153. The molecule has 0 aliphatic carbocycles. The fourth-order valence-corrected chi connectivity index (χ4v) is 3.99. The molecule has 7 nitrogen and oxygen atoms in total. The minimum Gasteiger partial charge on any atom is -0.391 e. The highest BCUT2D eigenvalue weighted by atomic mass is 19.4. The molecule has 35 heavy (non-hydrogen) atoms. The number of amides is 1. The third-order valence-electron chi connectivity index (χ3n) is 5.85. The van der Waals surface area contributed by atoms with Gasteiger partial charge in [0.1, 0.15) is 29.1 Å². The normalized spacial score (nSPS) is 17.1. The standard InChI is InChI=1S/C23H21F5N4O3/c1-2-18(23(26,27)28)29-22(35)15-11-32(17-5-3-12(24)9-16(17)25)21-14(20(15)34)4-6-19(30-21)31-8-7-13(33)10-31/h3-6,9,11,13,18,33H,2,7-8,10H2,1H3,(H,29,35)/t13?,18-/m0/s1. The maximum atomic E-state index is 14.7. The molecule has 2 aromatic heterocycles. The van der Waals surface area contributed by atoms with E-state index in [1.165, 1.54) is 19.1 Å². The van der Waals surface area contributed by atoms with Crippen molar-refractivity contribution in [3.8, 4) is 5.69 Å². The largest absolute Gasteiger partial charge is 0.408 e. The van der Waals surface area contributed by atoms with Crippen LogP contribution in [0.15, 0.2) is 41.3 Å². The SMILES string of the molecule is CC[C@H](NC(=O)c1cn(-c2ccc(F)cc2F)c2nc(N3CCC(O)C3)ccc2c1=O)C(F)(F)F. The molecule has 2 atom stereocenters. The molecule has 1 unspecified atom stereocenters. The average Bonchev–Trinajstić information content (AvgIpc) is 3.23. The molecule has 0 radical (unpaired) electrons. The van der Waals surface area contributed by atoms with Crippen LogP contribution in [0.3, 0.4) is 0 Å². The van der Waals surface area contributed by atoms with Crippen LogP contribution in [0.5, 0.6) is 0 Å². The van der Waals surface area contributed by atoms with E-state index in [0.717, 1.165) is 22.9 Å². The maximum Gasteiger partial charge on any atom is 0.408 e. The number of benzene rings is 1. The third kappa shape index (κ3) is 4.83. The Labute approximate surface area is 195 Å². The Morgan fingerprint density at radius 3 is 2.60 bits per heavy atom. The van der Waals surface area contributed by atoms with Gasteiger partial charge < -0.3 is 15.3 Å². The van der Waals surface area contributed by atoms with Crippen LogP contribution in [0.25, 0.3) is 16.7 Å². The monoisotopic (exact) mass is 496 g/mol. The van der Waals surface area contributed by atoms with Crippen molar-refractivity contribution in [1.29, 1.82) is 0 Å². The van der Waals surface area contributed by atoms with E-state index in [1.54, 1.807) is 10.2 Å². The molecule has 1 fully saturated rings. The summed E-state index contributed by atoms with van der Waals surface area (Å²) in [4.78, 5) is 32.0. The lowest BCUT2D eigenvalue weighted by Gasteiger charge is -2.21. The fourth-order valence-electron chi connectivity index (χ4n) is 3.99. The van der Waals surface area contributed by atoms with Crippen LogP contribution in [0.1, 0.15) is 30.1 Å². The number of anilines is 1. The summed E-state index contributed by atoms with van der Waals surface area (Å²) >= 11 is 0. The number of carbonyl (C=O) groups is 1. The van der Waals surface area contributed by atoms with Gasteiger partial charge in [-0.2, -0.15) is 13.2 Å². The number of pyridine rings is 2. The van der Waals surface area contributed by atoms with Crippen molar-refractivity contribution in [2.45, 2.75) is 38.1 Å². The summed E-state index contributed by atoms with van der Waals surface area (Å²) in [5, 5.41) is 11.5. The summed E-state index contributed by atoms with van der Waals surface area (Å²) in [5.41, 5.74) is -1.90. The smallest absolute Gasteiger partial charge is 0.391 e. The molecular formula is C23H21F5N4O3. The van der Waals surface area contributed by atoms with E-state index >= 15 is 0 Å². The summed E-state index contributed by atoms with van der Waals surface area (Å²) in [5.74, 6) is -2.83. The minimum atomic E-state index is -4.74. The van der Waals surface area contributed by atoms with E-state index < -0.39 is 53.3 Å². The van der Waals surface area contributed by atoms with E-state index in [4.69, 9.17) is 0 Å². The van der Waals surface area contributed by atoms with Gasteiger partial charge in [0.2, 0.25) is 5.43 Å². The summed E-state index contributed by atoms with van der Waals surface area (Å²) in [6, 6.07) is 3.23. The first-order chi connectivity index (χ1) is 16.5. The molecular weight excluding hydrogens is 475 g/mol. The molecule has 4 rings (SSSR count). The van der Waals surface area contributed by atoms with E-state index in [-0.39, 0.29) is 23.3 Å². The van der Waals surface area contributed by atoms with Gasteiger partial charge in [0.25, 0.3) is 5.91 Å². The first-order valence-corrected chi connectivity index (χ1v) is 10.8. The number of fused-ring (bicyclic) bond motifs is 1. The Hall–Kier alpha value is -3.54. The molecule has 2 N–H and O–H groups in total. The number of rotatable bonds is 5. The number of nitrogens with zero attached hydrogens (tertiary/aromatic N) is 3. The molecule has 1 aliphatic rings. The minimum absolute atomic E-state index is 0.0844. The van der Waals surface area contributed by atoms with Crippen LogP contribution in [0.4, 0.5) is 27.8 Å². The average molecular weight is 496 g/mol. The number of hydrogen-bond acceptors (Lipinski definition) is 5. The Bertz CT molecular complexity index is 1340. The molecule has 0 saturated carbocycles. The Kier molecular flexibility index (Phi) is 6.50. The molecule has 3 aromatic rings. The first-order valence-electron chi connectivity index (χ1n) is 10.8. The predicted molar refractivity (Wildman–Crippen MR) is 118 cm³/mol. The van der Waals surface area contributed by atoms with Crippen LogP contribution in [-0.4, -0.2) is 52.0 Å². The molecule has 186 valence electrons.